The van der Waals surface area contributed by atoms with E-state index in [2.05, 4.69) is 17.2 Å². The minimum atomic E-state index is -3.24. The number of pyridine rings is 1. The fraction of sp³-hybridized carbons (Fsp3) is 0.667. The van der Waals surface area contributed by atoms with Crippen LogP contribution in [0, 0.1) is 17.8 Å². The van der Waals surface area contributed by atoms with Crippen molar-refractivity contribution in [3.63, 3.8) is 0 Å². The second kappa shape index (κ2) is 5.02. The van der Waals surface area contributed by atoms with E-state index in [4.69, 9.17) is 0 Å². The Bertz CT molecular complexity index is 600. The number of fused-ring (bicyclic) bond motifs is 2. The monoisotopic (exact) mass is 294 g/mol. The summed E-state index contributed by atoms with van der Waals surface area (Å²) in [5, 5.41) is 3.35. The predicted octanol–water partition coefficient (Wildman–Crippen LogP) is 2.72. The Balaban J connectivity index is 1.78. The molecule has 2 fully saturated rings. The maximum Gasteiger partial charge on any atom is 0.179 e. The third kappa shape index (κ3) is 2.55. The van der Waals surface area contributed by atoms with Gasteiger partial charge in [-0.15, -0.1) is 0 Å². The van der Waals surface area contributed by atoms with Gasteiger partial charge < -0.3 is 5.32 Å². The summed E-state index contributed by atoms with van der Waals surface area (Å²) >= 11 is 0. The van der Waals surface area contributed by atoms with Gasteiger partial charge in [-0.05, 0) is 56.1 Å². The van der Waals surface area contributed by atoms with Crippen LogP contribution in [0.5, 0.6) is 0 Å². The van der Waals surface area contributed by atoms with E-state index in [-0.39, 0.29) is 6.04 Å². The Morgan fingerprint density at radius 2 is 2.15 bits per heavy atom. The van der Waals surface area contributed by atoms with Crippen molar-refractivity contribution >= 4 is 15.7 Å². The molecule has 0 aromatic carbocycles. The molecule has 0 aliphatic heterocycles. The van der Waals surface area contributed by atoms with E-state index in [1.165, 1.54) is 31.9 Å². The highest BCUT2D eigenvalue weighted by Crippen LogP contribution is 2.49. The molecule has 2 aliphatic carbocycles. The quantitative estimate of drug-likeness (QED) is 0.927. The molecule has 5 heteroatoms. The van der Waals surface area contributed by atoms with Crippen LogP contribution in [0.4, 0.5) is 5.82 Å². The van der Waals surface area contributed by atoms with E-state index in [1.54, 1.807) is 18.3 Å². The molecule has 2 saturated carbocycles. The number of nitrogens with one attached hydrogen (secondary N) is 1. The van der Waals surface area contributed by atoms with E-state index in [0.29, 0.717) is 16.6 Å². The molecule has 1 N–H and O–H groups in total. The normalized spacial score (nSPS) is 30.4. The number of rotatable bonds is 4. The Labute approximate surface area is 120 Å². The molecule has 1 aromatic rings. The first-order valence-electron chi connectivity index (χ1n) is 7.37. The fourth-order valence-corrected chi connectivity index (χ4v) is 4.82. The van der Waals surface area contributed by atoms with Crippen molar-refractivity contribution in [2.75, 3.05) is 11.6 Å². The summed E-state index contributed by atoms with van der Waals surface area (Å²) in [5.41, 5.74) is 0. The Morgan fingerprint density at radius 1 is 1.35 bits per heavy atom. The van der Waals surface area contributed by atoms with Crippen LogP contribution < -0.4 is 5.32 Å². The molecule has 4 nitrogen and oxygen atoms in total. The second-order valence-corrected chi connectivity index (χ2v) is 8.38. The number of nitrogens with zero attached hydrogens (tertiary/aromatic N) is 1. The first-order chi connectivity index (χ1) is 9.45. The van der Waals surface area contributed by atoms with Crippen LogP contribution in [-0.2, 0) is 9.84 Å². The lowest BCUT2D eigenvalue weighted by Gasteiger charge is -2.29. The van der Waals surface area contributed by atoms with Crippen LogP contribution in [0.15, 0.2) is 23.2 Å². The van der Waals surface area contributed by atoms with Crippen molar-refractivity contribution < 1.29 is 8.42 Å². The number of hydrogen-bond acceptors (Lipinski definition) is 4. The fourth-order valence-electron chi connectivity index (χ4n) is 4.03. The summed E-state index contributed by atoms with van der Waals surface area (Å²) in [6.45, 7) is 2.16. The highest BCUT2D eigenvalue weighted by molar-refractivity contribution is 7.90. The van der Waals surface area contributed by atoms with Crippen LogP contribution in [-0.4, -0.2) is 25.7 Å². The standard InChI is InChI=1S/C15H22N2O2S/c1-10(13-9-11-5-6-12(13)8-11)17-15-14(20(2,18)19)4-3-7-16-15/h3-4,7,10-13H,5-6,8-9H2,1-2H3,(H,16,17). The molecule has 110 valence electrons. The van der Waals surface area contributed by atoms with Crippen molar-refractivity contribution in [3.05, 3.63) is 18.3 Å². The summed E-state index contributed by atoms with van der Waals surface area (Å²) < 4.78 is 23.6. The van der Waals surface area contributed by atoms with Gasteiger partial charge in [-0.1, -0.05) is 6.42 Å². The van der Waals surface area contributed by atoms with Crippen LogP contribution in [0.2, 0.25) is 0 Å². The summed E-state index contributed by atoms with van der Waals surface area (Å²) in [7, 11) is -3.24. The van der Waals surface area contributed by atoms with E-state index in [9.17, 15) is 8.42 Å². The molecule has 20 heavy (non-hydrogen) atoms. The molecule has 3 rings (SSSR count). The SMILES string of the molecule is CC(Nc1ncccc1S(C)(=O)=O)C1CC2CCC1C2. The largest absolute Gasteiger partial charge is 0.366 e. The topological polar surface area (TPSA) is 59.1 Å². The average Bonchev–Trinajstić information content (AvgIpc) is 3.00. The van der Waals surface area contributed by atoms with Crippen molar-refractivity contribution in [1.29, 1.82) is 0 Å². The first kappa shape index (κ1) is 13.9. The predicted molar refractivity (Wildman–Crippen MR) is 79.4 cm³/mol. The van der Waals surface area contributed by atoms with Gasteiger partial charge in [0.05, 0.1) is 0 Å². The van der Waals surface area contributed by atoms with Gasteiger partial charge in [0.1, 0.15) is 10.7 Å². The van der Waals surface area contributed by atoms with Crippen LogP contribution >= 0.6 is 0 Å². The Hall–Kier alpha value is -1.10. The summed E-state index contributed by atoms with van der Waals surface area (Å²) in [4.78, 5) is 4.53. The minimum absolute atomic E-state index is 0.278. The highest BCUT2D eigenvalue weighted by Gasteiger charge is 2.42. The maximum atomic E-state index is 11.8. The Morgan fingerprint density at radius 3 is 2.75 bits per heavy atom. The number of aromatic nitrogens is 1. The molecule has 1 heterocycles. The number of anilines is 1. The molecule has 1 aromatic heterocycles. The summed E-state index contributed by atoms with van der Waals surface area (Å²) in [6, 6.07) is 3.57. The molecule has 2 bridgehead atoms. The summed E-state index contributed by atoms with van der Waals surface area (Å²) in [5.74, 6) is 2.87. The van der Waals surface area contributed by atoms with Crippen LogP contribution in [0.25, 0.3) is 0 Å². The van der Waals surface area contributed by atoms with E-state index < -0.39 is 9.84 Å². The first-order valence-corrected chi connectivity index (χ1v) is 9.26. The van der Waals surface area contributed by atoms with Crippen LogP contribution in [0.1, 0.15) is 32.6 Å². The van der Waals surface area contributed by atoms with Crippen LogP contribution in [0.3, 0.4) is 0 Å². The molecule has 2 aliphatic rings. The van der Waals surface area contributed by atoms with Crippen molar-refractivity contribution in [1.82, 2.24) is 4.98 Å². The zero-order valence-corrected chi connectivity index (χ0v) is 12.9. The molecule has 0 saturated heterocycles. The van der Waals surface area contributed by atoms with Gasteiger partial charge in [0.25, 0.3) is 0 Å². The Kier molecular flexibility index (Phi) is 3.48. The molecule has 0 amide bonds. The second-order valence-electron chi connectivity index (χ2n) is 6.39. The molecule has 4 atom stereocenters. The van der Waals surface area contributed by atoms with Gasteiger partial charge in [-0.25, -0.2) is 13.4 Å². The van der Waals surface area contributed by atoms with Gasteiger partial charge >= 0.3 is 0 Å². The smallest absolute Gasteiger partial charge is 0.179 e. The lowest BCUT2D eigenvalue weighted by Crippen LogP contribution is -2.30. The molecule has 0 spiro atoms. The number of sulfone groups is 1. The lowest BCUT2D eigenvalue weighted by molar-refractivity contribution is 0.303. The third-order valence-electron chi connectivity index (χ3n) is 4.97. The van der Waals surface area contributed by atoms with Crippen molar-refractivity contribution in [2.45, 2.75) is 43.5 Å². The zero-order chi connectivity index (χ0) is 14.3. The van der Waals surface area contributed by atoms with E-state index in [1.807, 2.05) is 0 Å². The third-order valence-corrected chi connectivity index (χ3v) is 6.10. The number of hydrogen-bond donors (Lipinski definition) is 1. The van der Waals surface area contributed by atoms with Gasteiger partial charge in [0.15, 0.2) is 9.84 Å². The van der Waals surface area contributed by atoms with E-state index in [0.717, 1.165) is 11.8 Å². The van der Waals surface area contributed by atoms with Gasteiger partial charge in [0.2, 0.25) is 0 Å². The molecular formula is C15H22N2O2S. The summed E-state index contributed by atoms with van der Waals surface area (Å²) in [6.07, 6.45) is 8.23. The lowest BCUT2D eigenvalue weighted by atomic mass is 9.84. The van der Waals surface area contributed by atoms with E-state index >= 15 is 0 Å². The van der Waals surface area contributed by atoms with Gasteiger partial charge in [-0.3, -0.25) is 0 Å². The van der Waals surface area contributed by atoms with Gasteiger partial charge in [0, 0.05) is 18.5 Å². The maximum absolute atomic E-state index is 11.8. The zero-order valence-electron chi connectivity index (χ0n) is 12.0. The molecule has 4 unspecified atom stereocenters. The highest BCUT2D eigenvalue weighted by atomic mass is 32.2. The molecule has 0 radical (unpaired) electrons. The van der Waals surface area contributed by atoms with Crippen molar-refractivity contribution in [2.24, 2.45) is 17.8 Å². The van der Waals surface area contributed by atoms with Crippen molar-refractivity contribution in [3.8, 4) is 0 Å². The average molecular weight is 294 g/mol. The molecular weight excluding hydrogens is 272 g/mol. The minimum Gasteiger partial charge on any atom is -0.366 e. The van der Waals surface area contributed by atoms with Gasteiger partial charge in [-0.2, -0.15) is 0 Å².